The van der Waals surface area contributed by atoms with E-state index in [1.54, 1.807) is 56.4 Å². The van der Waals surface area contributed by atoms with Gasteiger partial charge in [0.1, 0.15) is 11.8 Å². The second-order valence-corrected chi connectivity index (χ2v) is 11.5. The van der Waals surface area contributed by atoms with Crippen molar-refractivity contribution in [1.82, 2.24) is 10.6 Å². The molecule has 3 aromatic rings. The summed E-state index contributed by atoms with van der Waals surface area (Å²) in [6.07, 6.45) is 10.8. The van der Waals surface area contributed by atoms with Crippen molar-refractivity contribution in [2.75, 3.05) is 36.5 Å². The molecule has 0 aliphatic rings. The maximum atomic E-state index is 12.5. The number of nitrogens with one attached hydrogen (secondary N) is 4. The van der Waals surface area contributed by atoms with Gasteiger partial charge in [-0.05, 0) is 73.4 Å². The number of rotatable bonds is 12. The number of carbonyl (C=O) groups excluding carboxylic acids is 2. The summed E-state index contributed by atoms with van der Waals surface area (Å²) < 4.78 is 32.0. The fourth-order valence-electron chi connectivity index (χ4n) is 3.72. The van der Waals surface area contributed by atoms with Crippen molar-refractivity contribution in [3.63, 3.8) is 0 Å². The van der Waals surface area contributed by atoms with Crippen molar-refractivity contribution >= 4 is 33.2 Å². The molecule has 0 fully saturated rings. The first-order chi connectivity index (χ1) is 22.5. The van der Waals surface area contributed by atoms with Crippen LogP contribution in [0, 0.1) is 19.8 Å². The zero-order valence-corrected chi connectivity index (χ0v) is 30.5. The van der Waals surface area contributed by atoms with Gasteiger partial charge in [-0.15, -0.1) is 12.8 Å². The van der Waals surface area contributed by atoms with Gasteiger partial charge in [0.2, 0.25) is 15.9 Å². The van der Waals surface area contributed by atoms with Gasteiger partial charge in [0.15, 0.2) is 0 Å². The lowest BCUT2D eigenvalue weighted by Crippen LogP contribution is -2.47. The summed E-state index contributed by atoms with van der Waals surface area (Å²) in [5.74, 6) is -0.503. The Hall–Kier alpha value is -4.49. The standard InChI is InChI=1S/C22H30N4O5S.C8H10.C3H8.C2H6.C2H2/c1-5-19(25-21(27)16-6-11-20(23-3)15(2)14-16)22(28)24-12-13-32(29,30)26-17-7-9-18(31-4)10-8-17;1-2-8-6-4-3-5-7-8;1-3-2;2*1-2/h6-11,14,19,23,26H,5,12-13H2,1-4H3,(H,24,28)(H,25,27);3-7H,2H2,1H3;3H2,1-2H3;1-2H3;1-2H/t19-;;;;/m0..../s1. The first kappa shape index (κ1) is 44.6. The highest BCUT2D eigenvalue weighted by Gasteiger charge is 2.20. The molecule has 4 N–H and O–H groups in total. The lowest BCUT2D eigenvalue weighted by Gasteiger charge is -2.17. The highest BCUT2D eigenvalue weighted by molar-refractivity contribution is 7.92. The normalized spacial score (nSPS) is 10.2. The number of ether oxygens (including phenoxy) is 1. The van der Waals surface area contributed by atoms with Crippen LogP contribution in [0.25, 0.3) is 0 Å². The molecule has 0 heterocycles. The van der Waals surface area contributed by atoms with Crippen LogP contribution in [-0.4, -0.2) is 52.7 Å². The Bertz CT molecular complexity index is 1390. The van der Waals surface area contributed by atoms with E-state index in [2.05, 4.69) is 78.6 Å². The number of carbonyl (C=O) groups is 2. The SMILES string of the molecule is C#C.CC.CCC.CC[C@H](NC(=O)c1ccc(NC)c(C)c1)C(=O)NCCS(=O)(=O)Nc1ccc(OC)cc1.CCc1ccccc1. The lowest BCUT2D eigenvalue weighted by atomic mass is 10.1. The van der Waals surface area contributed by atoms with Crippen LogP contribution in [0.3, 0.4) is 0 Å². The van der Waals surface area contributed by atoms with Crippen molar-refractivity contribution in [3.8, 4) is 18.6 Å². The third-order valence-corrected chi connectivity index (χ3v) is 7.36. The number of hydrogen-bond donors (Lipinski definition) is 4. The predicted octanol–water partition coefficient (Wildman–Crippen LogP) is 7.05. The average Bonchev–Trinajstić information content (AvgIpc) is 3.09. The fourth-order valence-corrected chi connectivity index (χ4v) is 4.68. The molecule has 1 atom stereocenters. The van der Waals surface area contributed by atoms with Crippen LogP contribution >= 0.6 is 0 Å². The van der Waals surface area contributed by atoms with Gasteiger partial charge in [-0.3, -0.25) is 14.3 Å². The first-order valence-electron chi connectivity index (χ1n) is 15.9. The van der Waals surface area contributed by atoms with Crippen LogP contribution in [0.1, 0.15) is 75.9 Å². The molecule has 0 aromatic heterocycles. The van der Waals surface area contributed by atoms with Crippen LogP contribution < -0.4 is 25.4 Å². The molecule has 2 amide bonds. The molecule has 9 nitrogen and oxygen atoms in total. The highest BCUT2D eigenvalue weighted by Crippen LogP contribution is 2.17. The van der Waals surface area contributed by atoms with Crippen LogP contribution in [0.5, 0.6) is 5.75 Å². The molecule has 0 bridgehead atoms. The Morgan fingerprint density at radius 2 is 1.47 bits per heavy atom. The van der Waals surface area contributed by atoms with E-state index in [1.165, 1.54) is 19.1 Å². The Morgan fingerprint density at radius 1 is 0.894 bits per heavy atom. The molecule has 3 rings (SSSR count). The van der Waals surface area contributed by atoms with Crippen LogP contribution in [-0.2, 0) is 21.2 Å². The monoisotopic (exact) mass is 668 g/mol. The third-order valence-electron chi connectivity index (χ3n) is 6.07. The van der Waals surface area contributed by atoms with E-state index in [-0.39, 0.29) is 18.2 Å². The highest BCUT2D eigenvalue weighted by atomic mass is 32.2. The van der Waals surface area contributed by atoms with Gasteiger partial charge in [0, 0.05) is 30.5 Å². The average molecular weight is 669 g/mol. The number of sulfonamides is 1. The van der Waals surface area contributed by atoms with Gasteiger partial charge < -0.3 is 20.7 Å². The molecule has 3 aromatic carbocycles. The van der Waals surface area contributed by atoms with Gasteiger partial charge in [-0.1, -0.05) is 78.3 Å². The van der Waals surface area contributed by atoms with Crippen molar-refractivity contribution in [2.24, 2.45) is 0 Å². The molecule has 47 heavy (non-hydrogen) atoms. The van der Waals surface area contributed by atoms with E-state index < -0.39 is 22.0 Å². The molecule has 0 aliphatic heterocycles. The Balaban J connectivity index is 0. The van der Waals surface area contributed by atoms with Gasteiger partial charge in [0.05, 0.1) is 12.9 Å². The van der Waals surface area contributed by atoms with E-state index in [4.69, 9.17) is 4.74 Å². The minimum atomic E-state index is -3.66. The van der Waals surface area contributed by atoms with Crippen molar-refractivity contribution in [2.45, 2.75) is 73.8 Å². The van der Waals surface area contributed by atoms with E-state index in [0.717, 1.165) is 17.7 Å². The number of methoxy groups -OCH3 is 1. The third kappa shape index (κ3) is 18.9. The number of terminal acetylenes is 1. The molecule has 0 spiro atoms. The number of amides is 2. The van der Waals surface area contributed by atoms with Crippen LogP contribution in [0.2, 0.25) is 0 Å². The number of hydrogen-bond acceptors (Lipinski definition) is 6. The fraction of sp³-hybridized carbons (Fsp3) is 0.405. The zero-order valence-electron chi connectivity index (χ0n) is 29.6. The van der Waals surface area contributed by atoms with Crippen molar-refractivity contribution in [3.05, 3.63) is 89.5 Å². The molecule has 0 aliphatic carbocycles. The molecule has 0 radical (unpaired) electrons. The van der Waals surface area contributed by atoms with Gasteiger partial charge in [-0.2, -0.15) is 0 Å². The summed E-state index contributed by atoms with van der Waals surface area (Å²) in [5.41, 5.74) is 4.07. The second-order valence-electron chi connectivity index (χ2n) is 9.70. The summed E-state index contributed by atoms with van der Waals surface area (Å²) >= 11 is 0. The summed E-state index contributed by atoms with van der Waals surface area (Å²) in [5, 5.41) is 8.31. The summed E-state index contributed by atoms with van der Waals surface area (Å²) in [4.78, 5) is 25.0. The molecular weight excluding hydrogens is 612 g/mol. The Labute approximate surface area is 284 Å². The zero-order chi connectivity index (χ0) is 36.3. The Morgan fingerprint density at radius 3 is 1.91 bits per heavy atom. The van der Waals surface area contributed by atoms with E-state index in [0.29, 0.717) is 23.4 Å². The van der Waals surface area contributed by atoms with Gasteiger partial charge in [-0.25, -0.2) is 8.42 Å². The Kier molecular flexibility index (Phi) is 25.4. The molecule has 10 heteroatoms. The number of benzene rings is 3. The van der Waals surface area contributed by atoms with E-state index in [1.807, 2.05) is 26.8 Å². The van der Waals surface area contributed by atoms with Gasteiger partial charge in [0.25, 0.3) is 5.91 Å². The van der Waals surface area contributed by atoms with Crippen molar-refractivity contribution < 1.29 is 22.7 Å². The molecule has 260 valence electrons. The largest absolute Gasteiger partial charge is 0.497 e. The summed E-state index contributed by atoms with van der Waals surface area (Å²) in [7, 11) is -0.338. The number of anilines is 2. The number of aryl methyl sites for hydroxylation is 2. The maximum absolute atomic E-state index is 12.5. The molecular formula is C37H56N4O5S. The predicted molar refractivity (Wildman–Crippen MR) is 199 cm³/mol. The maximum Gasteiger partial charge on any atom is 0.251 e. The minimum Gasteiger partial charge on any atom is -0.497 e. The summed E-state index contributed by atoms with van der Waals surface area (Å²) in [6, 6.07) is 21.3. The summed E-state index contributed by atoms with van der Waals surface area (Å²) in [6.45, 7) is 14.0. The quantitative estimate of drug-likeness (QED) is 0.153. The van der Waals surface area contributed by atoms with Crippen LogP contribution in [0.4, 0.5) is 11.4 Å². The van der Waals surface area contributed by atoms with Gasteiger partial charge >= 0.3 is 0 Å². The van der Waals surface area contributed by atoms with Crippen LogP contribution in [0.15, 0.2) is 72.8 Å². The van der Waals surface area contributed by atoms with E-state index >= 15 is 0 Å². The lowest BCUT2D eigenvalue weighted by molar-refractivity contribution is -0.122. The second kappa shape index (κ2) is 26.7. The topological polar surface area (TPSA) is 126 Å². The van der Waals surface area contributed by atoms with E-state index in [9.17, 15) is 18.0 Å². The molecule has 0 saturated carbocycles. The minimum absolute atomic E-state index is 0.0906. The smallest absolute Gasteiger partial charge is 0.251 e. The van der Waals surface area contributed by atoms with Crippen molar-refractivity contribution in [1.29, 1.82) is 0 Å². The first-order valence-corrected chi connectivity index (χ1v) is 17.6. The molecule has 0 saturated heterocycles. The molecule has 0 unspecified atom stereocenters.